The Morgan fingerprint density at radius 3 is 1.87 bits per heavy atom. The van der Waals surface area contributed by atoms with Gasteiger partial charge in [0.05, 0.1) is 28.1 Å². The number of anilines is 3. The van der Waals surface area contributed by atoms with Crippen molar-refractivity contribution in [3.05, 3.63) is 217 Å². The van der Waals surface area contributed by atoms with Gasteiger partial charge >= 0.3 is 0 Å². The average Bonchev–Trinajstić information content (AvgIpc) is 3.93. The fraction of sp³-hybridized carbons (Fsp3) is 0.0526. The van der Waals surface area contributed by atoms with Gasteiger partial charge in [0.15, 0.2) is 0 Å². The molecule has 1 aliphatic carbocycles. The van der Waals surface area contributed by atoms with Gasteiger partial charge in [-0.05, 0) is 93.5 Å². The average molecular weight is 785 g/mol. The van der Waals surface area contributed by atoms with Crippen LogP contribution in [-0.2, 0) is 5.41 Å². The van der Waals surface area contributed by atoms with E-state index in [9.17, 15) is 0 Å². The Morgan fingerprint density at radius 1 is 0.433 bits per heavy atom. The SMILES string of the molecule is CC1(C)c2ccccc2-c2cccc(-n3c4c(-c5ccccc5)cc(-c5ccccc5)cc4c4cccc(N(c5ccccc5)c5cccc6sc7ccccc7c56)c43)c21. The molecule has 0 atom stereocenters. The van der Waals surface area contributed by atoms with Gasteiger partial charge < -0.3 is 9.47 Å². The van der Waals surface area contributed by atoms with Crippen molar-refractivity contribution >= 4 is 70.4 Å². The van der Waals surface area contributed by atoms with Gasteiger partial charge in [-0.3, -0.25) is 0 Å². The standard InChI is InChI=1S/C57H40N2S/c1-57(2)47-29-14-12-25-41(47)42-27-16-31-49(54(42)57)59-55-45(38-21-8-4-9-22-38)35-39(37-19-6-3-7-20-37)36-46(55)43-28-17-32-50(56(43)59)58(40-23-10-5-11-24-40)48-30-18-34-52-53(48)44-26-13-15-33-51(44)60-52/h3-36H,1-2H3. The second kappa shape index (κ2) is 13.4. The van der Waals surface area contributed by atoms with Crippen molar-refractivity contribution in [3.63, 3.8) is 0 Å². The summed E-state index contributed by atoms with van der Waals surface area (Å²) in [6.45, 7) is 4.81. The summed E-state index contributed by atoms with van der Waals surface area (Å²) in [4.78, 5) is 2.52. The number of para-hydroxylation sites is 2. The van der Waals surface area contributed by atoms with E-state index in [4.69, 9.17) is 0 Å². The quantitative estimate of drug-likeness (QED) is 0.163. The second-order valence-corrected chi connectivity index (χ2v) is 17.5. The van der Waals surface area contributed by atoms with Crippen LogP contribution in [0.5, 0.6) is 0 Å². The summed E-state index contributed by atoms with van der Waals surface area (Å²) < 4.78 is 5.20. The van der Waals surface area contributed by atoms with Gasteiger partial charge in [-0.15, -0.1) is 11.3 Å². The van der Waals surface area contributed by atoms with Gasteiger partial charge in [-0.25, -0.2) is 0 Å². The smallest absolute Gasteiger partial charge is 0.0782 e. The van der Waals surface area contributed by atoms with Gasteiger partial charge in [-0.1, -0.05) is 166 Å². The first kappa shape index (κ1) is 34.8. The molecule has 0 saturated heterocycles. The van der Waals surface area contributed by atoms with Gasteiger partial charge in [-0.2, -0.15) is 0 Å². The zero-order valence-corrected chi connectivity index (χ0v) is 34.2. The lowest BCUT2D eigenvalue weighted by Gasteiger charge is -2.29. The Hall–Kier alpha value is -7.20. The molecule has 0 fully saturated rings. The molecule has 11 aromatic rings. The lowest BCUT2D eigenvalue weighted by molar-refractivity contribution is 0.656. The van der Waals surface area contributed by atoms with Crippen molar-refractivity contribution in [2.45, 2.75) is 19.3 Å². The van der Waals surface area contributed by atoms with Crippen molar-refractivity contribution in [2.24, 2.45) is 0 Å². The van der Waals surface area contributed by atoms with Crippen LogP contribution >= 0.6 is 11.3 Å². The maximum Gasteiger partial charge on any atom is 0.0782 e. The van der Waals surface area contributed by atoms with E-state index >= 15 is 0 Å². The van der Waals surface area contributed by atoms with Gasteiger partial charge in [0, 0.05) is 47.6 Å². The predicted octanol–water partition coefficient (Wildman–Crippen LogP) is 16.3. The maximum absolute atomic E-state index is 2.63. The number of rotatable bonds is 6. The molecule has 2 heterocycles. The summed E-state index contributed by atoms with van der Waals surface area (Å²) in [7, 11) is 0. The molecule has 9 aromatic carbocycles. The van der Waals surface area contributed by atoms with Crippen LogP contribution in [0.2, 0.25) is 0 Å². The lowest BCUT2D eigenvalue weighted by Crippen LogP contribution is -2.18. The normalized spacial score (nSPS) is 13.0. The zero-order valence-electron chi connectivity index (χ0n) is 33.4. The molecule has 2 nitrogen and oxygen atoms in total. The number of benzene rings is 9. The third kappa shape index (κ3) is 5.12. The number of aromatic nitrogens is 1. The molecule has 284 valence electrons. The van der Waals surface area contributed by atoms with Crippen molar-refractivity contribution < 1.29 is 0 Å². The maximum atomic E-state index is 2.63. The Labute approximate surface area is 353 Å². The van der Waals surface area contributed by atoms with Crippen LogP contribution in [-0.4, -0.2) is 4.57 Å². The Morgan fingerprint density at radius 2 is 1.05 bits per heavy atom. The number of nitrogens with zero attached hydrogens (tertiary/aromatic N) is 2. The predicted molar refractivity (Wildman–Crippen MR) is 257 cm³/mol. The fourth-order valence-corrected chi connectivity index (χ4v) is 11.3. The monoisotopic (exact) mass is 784 g/mol. The minimum Gasteiger partial charge on any atom is -0.308 e. The summed E-state index contributed by atoms with van der Waals surface area (Å²) in [6.07, 6.45) is 0. The van der Waals surface area contributed by atoms with Crippen molar-refractivity contribution in [3.8, 4) is 39.1 Å². The van der Waals surface area contributed by atoms with Crippen molar-refractivity contribution in [2.75, 3.05) is 4.90 Å². The highest BCUT2D eigenvalue weighted by Gasteiger charge is 2.38. The molecular formula is C57H40N2S. The summed E-state index contributed by atoms with van der Waals surface area (Å²) in [5, 5.41) is 4.99. The number of fused-ring (bicyclic) bond motifs is 9. The number of hydrogen-bond donors (Lipinski definition) is 0. The van der Waals surface area contributed by atoms with E-state index in [-0.39, 0.29) is 5.41 Å². The number of thiophene rings is 1. The van der Waals surface area contributed by atoms with E-state index in [2.05, 4.69) is 230 Å². The van der Waals surface area contributed by atoms with E-state index < -0.39 is 0 Å². The molecule has 0 unspecified atom stereocenters. The van der Waals surface area contributed by atoms with E-state index in [1.807, 2.05) is 11.3 Å². The van der Waals surface area contributed by atoms with E-state index in [0.717, 1.165) is 11.4 Å². The van der Waals surface area contributed by atoms with Crippen LogP contribution in [0.15, 0.2) is 206 Å². The topological polar surface area (TPSA) is 8.17 Å². The van der Waals surface area contributed by atoms with Crippen LogP contribution in [0.1, 0.15) is 25.0 Å². The molecule has 0 aliphatic heterocycles. The Bertz CT molecular complexity index is 3450. The van der Waals surface area contributed by atoms with E-state index in [1.54, 1.807) is 0 Å². The van der Waals surface area contributed by atoms with Gasteiger partial charge in [0.25, 0.3) is 0 Å². The first-order chi connectivity index (χ1) is 29.6. The summed E-state index contributed by atoms with van der Waals surface area (Å²) in [5.41, 5.74) is 16.9. The van der Waals surface area contributed by atoms with E-state index in [0.29, 0.717) is 0 Å². The first-order valence-electron chi connectivity index (χ1n) is 20.8. The van der Waals surface area contributed by atoms with Crippen LogP contribution in [0.3, 0.4) is 0 Å². The third-order valence-corrected chi connectivity index (χ3v) is 13.9. The highest BCUT2D eigenvalue weighted by Crippen LogP contribution is 2.54. The minimum absolute atomic E-state index is 0.239. The van der Waals surface area contributed by atoms with Crippen molar-refractivity contribution in [1.29, 1.82) is 0 Å². The highest BCUT2D eigenvalue weighted by atomic mass is 32.1. The second-order valence-electron chi connectivity index (χ2n) is 16.5. The minimum atomic E-state index is -0.239. The molecule has 2 aromatic heterocycles. The summed E-state index contributed by atoms with van der Waals surface area (Å²) in [6, 6.07) is 76.1. The highest BCUT2D eigenvalue weighted by molar-refractivity contribution is 7.26. The molecule has 0 amide bonds. The molecule has 0 radical (unpaired) electrons. The molecule has 0 saturated carbocycles. The largest absolute Gasteiger partial charge is 0.308 e. The van der Waals surface area contributed by atoms with Gasteiger partial charge in [0.1, 0.15) is 0 Å². The Balaban J connectivity index is 1.28. The molecular weight excluding hydrogens is 745 g/mol. The fourth-order valence-electron chi connectivity index (χ4n) is 10.2. The van der Waals surface area contributed by atoms with Crippen molar-refractivity contribution in [1.82, 2.24) is 4.57 Å². The summed E-state index contributed by atoms with van der Waals surface area (Å²) >= 11 is 1.87. The van der Waals surface area contributed by atoms with Crippen LogP contribution in [0.4, 0.5) is 17.1 Å². The molecule has 0 spiro atoms. The molecule has 3 heteroatoms. The lowest BCUT2D eigenvalue weighted by atomic mass is 9.81. The molecule has 1 aliphatic rings. The van der Waals surface area contributed by atoms with Crippen LogP contribution in [0.25, 0.3) is 81.0 Å². The molecule has 60 heavy (non-hydrogen) atoms. The van der Waals surface area contributed by atoms with E-state index in [1.165, 1.54) is 97.9 Å². The summed E-state index contributed by atoms with van der Waals surface area (Å²) in [5.74, 6) is 0. The third-order valence-electron chi connectivity index (χ3n) is 12.7. The van der Waals surface area contributed by atoms with Crippen LogP contribution < -0.4 is 4.90 Å². The number of hydrogen-bond acceptors (Lipinski definition) is 2. The molecule has 12 rings (SSSR count). The van der Waals surface area contributed by atoms with Crippen LogP contribution in [0, 0.1) is 0 Å². The van der Waals surface area contributed by atoms with Gasteiger partial charge in [0.2, 0.25) is 0 Å². The Kier molecular flexibility index (Phi) is 7.79. The molecule has 0 N–H and O–H groups in total. The first-order valence-corrected chi connectivity index (χ1v) is 21.6. The molecule has 0 bridgehead atoms. The zero-order chi connectivity index (χ0) is 40.0.